The molecule has 0 amide bonds. The summed E-state index contributed by atoms with van der Waals surface area (Å²) in [6.07, 6.45) is 1.70. The number of ether oxygens (including phenoxy) is 1. The molecule has 1 atom stereocenters. The second-order valence-corrected chi connectivity index (χ2v) is 8.28. The van der Waals surface area contributed by atoms with Gasteiger partial charge < -0.3 is 9.30 Å². The van der Waals surface area contributed by atoms with Crippen LogP contribution in [0.25, 0.3) is 33.2 Å². The molecule has 0 bridgehead atoms. The van der Waals surface area contributed by atoms with E-state index >= 15 is 0 Å². The van der Waals surface area contributed by atoms with Gasteiger partial charge in [-0.15, -0.1) is 0 Å². The SMILES string of the molecule is C=C[C@H](C)Oc1c2c3c(Br)cccc3nc-2n(Cc2ccccc2)c2ccccc12. The minimum Gasteiger partial charge on any atom is -0.485 e. The van der Waals surface area contributed by atoms with Gasteiger partial charge in [-0.1, -0.05) is 77.1 Å². The van der Waals surface area contributed by atoms with Crippen molar-refractivity contribution in [1.82, 2.24) is 9.55 Å². The van der Waals surface area contributed by atoms with Gasteiger partial charge in [0.1, 0.15) is 17.7 Å². The third-order valence-electron chi connectivity index (χ3n) is 5.43. The maximum Gasteiger partial charge on any atom is 0.145 e. The van der Waals surface area contributed by atoms with Gasteiger partial charge in [0.15, 0.2) is 0 Å². The van der Waals surface area contributed by atoms with Crippen LogP contribution < -0.4 is 4.74 Å². The van der Waals surface area contributed by atoms with E-state index in [0.29, 0.717) is 0 Å². The number of rotatable bonds is 5. The summed E-state index contributed by atoms with van der Waals surface area (Å²) in [5, 5.41) is 2.14. The quantitative estimate of drug-likeness (QED) is 0.264. The van der Waals surface area contributed by atoms with E-state index in [1.54, 1.807) is 0 Å². The first kappa shape index (κ1) is 18.9. The molecule has 0 aromatic heterocycles. The minimum atomic E-state index is -0.117. The highest BCUT2D eigenvalue weighted by atomic mass is 79.9. The van der Waals surface area contributed by atoms with E-state index in [1.807, 2.05) is 25.1 Å². The van der Waals surface area contributed by atoms with Crippen LogP contribution in [0.5, 0.6) is 5.75 Å². The average molecular weight is 457 g/mol. The van der Waals surface area contributed by atoms with Crippen molar-refractivity contribution in [3.8, 4) is 17.1 Å². The Kier molecular flexibility index (Phi) is 4.80. The predicted octanol–water partition coefficient (Wildman–Crippen LogP) is 7.06. The molecule has 3 aromatic carbocycles. The normalized spacial score (nSPS) is 12.5. The van der Waals surface area contributed by atoms with Crippen LogP contribution in [-0.2, 0) is 6.54 Å². The largest absolute Gasteiger partial charge is 0.485 e. The van der Waals surface area contributed by atoms with Crippen molar-refractivity contribution in [2.75, 3.05) is 0 Å². The van der Waals surface area contributed by atoms with E-state index in [4.69, 9.17) is 9.72 Å². The molecule has 30 heavy (non-hydrogen) atoms. The standard InChI is InChI=1S/C26H21BrN2O/c1-3-17(2)30-25-19-12-7-8-15-22(19)29(16-18-10-5-4-6-11-18)26-24(25)23-20(27)13-9-14-21(23)28-26/h3-15,17H,1,16H2,2H3/t17-/m0/s1. The topological polar surface area (TPSA) is 27.1 Å². The number of hydrogen-bond acceptors (Lipinski definition) is 2. The summed E-state index contributed by atoms with van der Waals surface area (Å²) in [4.78, 5) is 5.04. The number of hydrogen-bond donors (Lipinski definition) is 0. The number of pyridine rings is 1. The monoisotopic (exact) mass is 456 g/mol. The molecule has 0 radical (unpaired) electrons. The van der Waals surface area contributed by atoms with Crippen molar-refractivity contribution in [2.24, 2.45) is 0 Å². The molecule has 0 saturated carbocycles. The summed E-state index contributed by atoms with van der Waals surface area (Å²) >= 11 is 3.75. The van der Waals surface area contributed by atoms with Gasteiger partial charge in [0, 0.05) is 21.8 Å². The summed E-state index contributed by atoms with van der Waals surface area (Å²) in [6, 6.07) is 25.0. The number of fused-ring (bicyclic) bond motifs is 4. The first-order valence-electron chi connectivity index (χ1n) is 9.99. The molecular formula is C26H21BrN2O. The number of benzene rings is 3. The van der Waals surface area contributed by atoms with Crippen molar-refractivity contribution in [2.45, 2.75) is 19.6 Å². The lowest BCUT2D eigenvalue weighted by atomic mass is 10.0. The number of aromatic nitrogens is 2. The highest BCUT2D eigenvalue weighted by molar-refractivity contribution is 9.10. The smallest absolute Gasteiger partial charge is 0.145 e. The average Bonchev–Trinajstić information content (AvgIpc) is 3.17. The van der Waals surface area contributed by atoms with Crippen LogP contribution >= 0.6 is 15.9 Å². The molecule has 0 unspecified atom stereocenters. The first-order chi connectivity index (χ1) is 14.7. The fraction of sp³-hybridized carbons (Fsp3) is 0.115. The third kappa shape index (κ3) is 3.08. The van der Waals surface area contributed by atoms with Crippen molar-refractivity contribution >= 4 is 37.7 Å². The maximum atomic E-state index is 6.42. The lowest BCUT2D eigenvalue weighted by Gasteiger charge is -2.22. The zero-order valence-electron chi connectivity index (χ0n) is 16.7. The van der Waals surface area contributed by atoms with Crippen molar-refractivity contribution in [3.05, 3.63) is 95.5 Å². The minimum absolute atomic E-state index is 0.117. The molecule has 3 nitrogen and oxygen atoms in total. The van der Waals surface area contributed by atoms with Gasteiger partial charge in [0.2, 0.25) is 0 Å². The molecule has 2 aliphatic heterocycles. The van der Waals surface area contributed by atoms with Gasteiger partial charge in [-0.05, 0) is 36.8 Å². The highest BCUT2D eigenvalue weighted by Gasteiger charge is 2.26. The van der Waals surface area contributed by atoms with Crippen LogP contribution in [0.3, 0.4) is 0 Å². The Bertz CT molecular complexity index is 1340. The molecule has 3 aromatic rings. The van der Waals surface area contributed by atoms with Crippen molar-refractivity contribution in [1.29, 1.82) is 0 Å². The summed E-state index contributed by atoms with van der Waals surface area (Å²) < 4.78 is 9.73. The molecule has 4 heteroatoms. The number of nitrogens with zero attached hydrogens (tertiary/aromatic N) is 2. The predicted molar refractivity (Wildman–Crippen MR) is 127 cm³/mol. The summed E-state index contributed by atoms with van der Waals surface area (Å²) in [5.74, 6) is 1.78. The summed E-state index contributed by atoms with van der Waals surface area (Å²) in [5.41, 5.74) is 4.31. The van der Waals surface area contributed by atoms with Crippen LogP contribution in [0.4, 0.5) is 0 Å². The molecule has 0 saturated heterocycles. The van der Waals surface area contributed by atoms with E-state index in [1.165, 1.54) is 5.56 Å². The molecule has 0 fully saturated rings. The Labute approximate surface area is 184 Å². The zero-order chi connectivity index (χ0) is 20.7. The molecule has 5 rings (SSSR count). The van der Waals surface area contributed by atoms with E-state index < -0.39 is 0 Å². The van der Waals surface area contributed by atoms with Gasteiger partial charge in [0.25, 0.3) is 0 Å². The van der Waals surface area contributed by atoms with E-state index in [-0.39, 0.29) is 6.10 Å². The highest BCUT2D eigenvalue weighted by Crippen LogP contribution is 2.46. The van der Waals surface area contributed by atoms with Gasteiger partial charge in [-0.2, -0.15) is 0 Å². The molecule has 0 spiro atoms. The third-order valence-corrected chi connectivity index (χ3v) is 6.09. The fourth-order valence-electron chi connectivity index (χ4n) is 3.98. The molecule has 148 valence electrons. The lowest BCUT2D eigenvalue weighted by Crippen LogP contribution is -2.13. The molecular weight excluding hydrogens is 436 g/mol. The van der Waals surface area contributed by atoms with Crippen LogP contribution in [0.1, 0.15) is 12.5 Å². The second kappa shape index (κ2) is 7.62. The Morgan fingerprint density at radius 2 is 1.80 bits per heavy atom. The van der Waals surface area contributed by atoms with E-state index in [2.05, 4.69) is 87.7 Å². The fourth-order valence-corrected chi connectivity index (χ4v) is 4.53. The van der Waals surface area contributed by atoms with Gasteiger partial charge in [-0.3, -0.25) is 0 Å². The Morgan fingerprint density at radius 3 is 2.60 bits per heavy atom. The molecule has 2 aliphatic rings. The Morgan fingerprint density at radius 1 is 1.03 bits per heavy atom. The lowest BCUT2D eigenvalue weighted by molar-refractivity contribution is 0.274. The Hall–Kier alpha value is -3.11. The van der Waals surface area contributed by atoms with Crippen molar-refractivity contribution in [3.63, 3.8) is 0 Å². The number of para-hydroxylation sites is 1. The van der Waals surface area contributed by atoms with E-state index in [9.17, 15) is 0 Å². The first-order valence-corrected chi connectivity index (χ1v) is 10.8. The van der Waals surface area contributed by atoms with Crippen LogP contribution in [0.2, 0.25) is 0 Å². The molecule has 2 heterocycles. The summed E-state index contributed by atoms with van der Waals surface area (Å²) in [6.45, 7) is 6.64. The van der Waals surface area contributed by atoms with Gasteiger partial charge >= 0.3 is 0 Å². The number of halogens is 1. The summed E-state index contributed by atoms with van der Waals surface area (Å²) in [7, 11) is 0. The molecule has 0 N–H and O–H groups in total. The molecule has 0 aliphatic carbocycles. The van der Waals surface area contributed by atoms with Gasteiger partial charge in [0.05, 0.1) is 16.6 Å². The van der Waals surface area contributed by atoms with Crippen LogP contribution in [-0.4, -0.2) is 15.7 Å². The van der Waals surface area contributed by atoms with Crippen LogP contribution in [0, 0.1) is 0 Å². The second-order valence-electron chi connectivity index (χ2n) is 7.42. The van der Waals surface area contributed by atoms with Gasteiger partial charge in [-0.25, -0.2) is 4.98 Å². The van der Waals surface area contributed by atoms with Crippen molar-refractivity contribution < 1.29 is 4.74 Å². The Balaban J connectivity index is 1.91. The van der Waals surface area contributed by atoms with E-state index in [0.717, 1.165) is 50.0 Å². The maximum absolute atomic E-state index is 6.42. The van der Waals surface area contributed by atoms with Crippen LogP contribution in [0.15, 0.2) is 89.9 Å². The zero-order valence-corrected chi connectivity index (χ0v) is 18.3.